The van der Waals surface area contributed by atoms with Gasteiger partial charge in [0, 0.05) is 13.0 Å². The molecule has 24 heavy (non-hydrogen) atoms. The van der Waals surface area contributed by atoms with Gasteiger partial charge in [-0.1, -0.05) is 18.2 Å². The Balaban J connectivity index is 1.85. The van der Waals surface area contributed by atoms with Gasteiger partial charge in [0.05, 0.1) is 17.5 Å². The summed E-state index contributed by atoms with van der Waals surface area (Å²) in [6.07, 6.45) is -4.08. The molecular formula is C16H15F4NO3. The average molecular weight is 345 g/mol. The third-order valence-corrected chi connectivity index (χ3v) is 4.79. The van der Waals surface area contributed by atoms with E-state index in [1.165, 1.54) is 12.1 Å². The number of rotatable bonds is 3. The maximum absolute atomic E-state index is 14.1. The van der Waals surface area contributed by atoms with Crippen molar-refractivity contribution < 1.29 is 32.3 Å². The largest absolute Gasteiger partial charge is 0.479 e. The van der Waals surface area contributed by atoms with E-state index < -0.39 is 41.2 Å². The molecule has 1 aromatic rings. The number of amides is 1. The van der Waals surface area contributed by atoms with Crippen LogP contribution in [0.2, 0.25) is 0 Å². The molecule has 1 saturated heterocycles. The van der Waals surface area contributed by atoms with Crippen LogP contribution < -0.4 is 0 Å². The molecule has 0 aromatic heterocycles. The number of carbonyl (C=O) groups is 2. The first-order valence-corrected chi connectivity index (χ1v) is 7.48. The van der Waals surface area contributed by atoms with Gasteiger partial charge in [-0.05, 0) is 24.5 Å². The minimum Gasteiger partial charge on any atom is -0.479 e. The van der Waals surface area contributed by atoms with Crippen LogP contribution >= 0.6 is 0 Å². The number of carbonyl (C=O) groups excluding carboxylic acids is 1. The molecule has 1 saturated carbocycles. The van der Waals surface area contributed by atoms with E-state index in [2.05, 4.69) is 0 Å². The van der Waals surface area contributed by atoms with Crippen LogP contribution in [0.25, 0.3) is 0 Å². The van der Waals surface area contributed by atoms with Crippen LogP contribution in [-0.2, 0) is 21.2 Å². The van der Waals surface area contributed by atoms with Gasteiger partial charge in [-0.3, -0.25) is 4.79 Å². The summed E-state index contributed by atoms with van der Waals surface area (Å²) in [4.78, 5) is 24.7. The predicted molar refractivity (Wildman–Crippen MR) is 75.0 cm³/mol. The molecule has 0 radical (unpaired) electrons. The molecule has 1 unspecified atom stereocenters. The van der Waals surface area contributed by atoms with Crippen molar-refractivity contribution in [2.45, 2.75) is 36.5 Å². The Hall–Kier alpha value is -2.12. The molecule has 0 bridgehead atoms. The molecule has 1 N–H and O–H groups in total. The van der Waals surface area contributed by atoms with E-state index in [-0.39, 0.29) is 18.5 Å². The lowest BCUT2D eigenvalue weighted by Gasteiger charge is -2.24. The summed E-state index contributed by atoms with van der Waals surface area (Å²) in [7, 11) is 0. The lowest BCUT2D eigenvalue weighted by molar-refractivity contribution is -0.150. The van der Waals surface area contributed by atoms with Crippen molar-refractivity contribution in [2.75, 3.05) is 13.1 Å². The Bertz CT molecular complexity index is 699. The summed E-state index contributed by atoms with van der Waals surface area (Å²) >= 11 is 0. The number of halogens is 4. The third kappa shape index (κ3) is 2.63. The molecular weight excluding hydrogens is 330 g/mol. The van der Waals surface area contributed by atoms with Gasteiger partial charge < -0.3 is 10.0 Å². The average Bonchev–Trinajstić information content (AvgIpc) is 3.23. The smallest absolute Gasteiger partial charge is 0.416 e. The molecule has 1 aliphatic heterocycles. The molecule has 3 rings (SSSR count). The Morgan fingerprint density at radius 2 is 1.83 bits per heavy atom. The van der Waals surface area contributed by atoms with Gasteiger partial charge in [-0.2, -0.15) is 13.2 Å². The molecule has 4 nitrogen and oxygen atoms in total. The summed E-state index contributed by atoms with van der Waals surface area (Å²) in [5, 5.41) is 8.90. The van der Waals surface area contributed by atoms with Crippen molar-refractivity contribution in [3.63, 3.8) is 0 Å². The lowest BCUT2D eigenvalue weighted by Crippen LogP contribution is -2.42. The first-order valence-electron chi connectivity index (χ1n) is 7.48. The van der Waals surface area contributed by atoms with Crippen molar-refractivity contribution in [1.29, 1.82) is 0 Å². The van der Waals surface area contributed by atoms with E-state index in [9.17, 15) is 27.2 Å². The topological polar surface area (TPSA) is 57.6 Å². The second-order valence-corrected chi connectivity index (χ2v) is 6.41. The van der Waals surface area contributed by atoms with Crippen molar-refractivity contribution in [2.24, 2.45) is 0 Å². The minimum atomic E-state index is -4.51. The summed E-state index contributed by atoms with van der Waals surface area (Å²) in [6.45, 7) is -0.621. The van der Waals surface area contributed by atoms with E-state index >= 15 is 0 Å². The first-order chi connectivity index (χ1) is 11.1. The molecule has 130 valence electrons. The van der Waals surface area contributed by atoms with Crippen LogP contribution in [0.1, 0.15) is 30.4 Å². The maximum Gasteiger partial charge on any atom is 0.416 e. The molecule has 2 fully saturated rings. The normalized spacial score (nSPS) is 25.6. The van der Waals surface area contributed by atoms with Gasteiger partial charge in [-0.25, -0.2) is 9.18 Å². The van der Waals surface area contributed by atoms with E-state index in [1.807, 2.05) is 0 Å². The number of hydrogen-bond donors (Lipinski definition) is 1. The number of hydrogen-bond acceptors (Lipinski definition) is 2. The number of aliphatic carboxylic acids is 1. The highest BCUT2D eigenvalue weighted by Crippen LogP contribution is 2.51. The number of benzene rings is 1. The molecule has 2 aliphatic rings. The zero-order chi connectivity index (χ0) is 17.8. The molecule has 8 heteroatoms. The van der Waals surface area contributed by atoms with Crippen molar-refractivity contribution in [3.05, 3.63) is 35.4 Å². The zero-order valence-electron chi connectivity index (χ0n) is 12.6. The summed E-state index contributed by atoms with van der Waals surface area (Å²) in [5.74, 6) is -2.12. The standard InChI is InChI=1S/C16H15F4NO3/c17-15(13(23)24)6-7-21(9-15)12(22)14(4-5-14)10-2-1-3-11(8-10)16(18,19)20/h1-3,8H,4-7,9H2,(H,23,24). The van der Waals surface area contributed by atoms with Gasteiger partial charge in [0.25, 0.3) is 0 Å². The van der Waals surface area contributed by atoms with E-state index in [0.29, 0.717) is 12.8 Å². The molecule has 1 amide bonds. The first kappa shape index (κ1) is 16.7. The summed E-state index contributed by atoms with van der Waals surface area (Å²) < 4.78 is 52.7. The van der Waals surface area contributed by atoms with Crippen LogP contribution in [0.3, 0.4) is 0 Å². The van der Waals surface area contributed by atoms with E-state index in [4.69, 9.17) is 5.11 Å². The van der Waals surface area contributed by atoms with Crippen molar-refractivity contribution in [3.8, 4) is 0 Å². The second-order valence-electron chi connectivity index (χ2n) is 6.41. The van der Waals surface area contributed by atoms with Gasteiger partial charge >= 0.3 is 12.1 Å². The number of carboxylic acids is 1. The summed E-state index contributed by atoms with van der Waals surface area (Å²) in [6, 6.07) is 4.57. The van der Waals surface area contributed by atoms with Crippen LogP contribution in [0.4, 0.5) is 17.6 Å². The second kappa shape index (κ2) is 5.19. The number of likely N-dealkylation sites (tertiary alicyclic amines) is 1. The highest BCUT2D eigenvalue weighted by atomic mass is 19.4. The molecule has 1 atom stereocenters. The number of carboxylic acid groups (broad SMARTS) is 1. The van der Waals surface area contributed by atoms with Crippen molar-refractivity contribution in [1.82, 2.24) is 4.90 Å². The van der Waals surface area contributed by atoms with Gasteiger partial charge in [-0.15, -0.1) is 0 Å². The fraction of sp³-hybridized carbons (Fsp3) is 0.500. The predicted octanol–water partition coefficient (Wildman–Crippen LogP) is 2.76. The van der Waals surface area contributed by atoms with Gasteiger partial charge in [0.2, 0.25) is 11.6 Å². The van der Waals surface area contributed by atoms with E-state index in [1.54, 1.807) is 0 Å². The number of nitrogens with zero attached hydrogens (tertiary/aromatic N) is 1. The Morgan fingerprint density at radius 1 is 1.17 bits per heavy atom. The molecule has 1 aliphatic carbocycles. The SMILES string of the molecule is O=C(O)C1(F)CCN(C(=O)C2(c3cccc(C(F)(F)F)c3)CC2)C1. The summed E-state index contributed by atoms with van der Waals surface area (Å²) in [5.41, 5.74) is -4.18. The third-order valence-electron chi connectivity index (χ3n) is 4.79. The fourth-order valence-corrected chi connectivity index (χ4v) is 3.17. The molecule has 1 heterocycles. The highest BCUT2D eigenvalue weighted by Gasteiger charge is 2.57. The quantitative estimate of drug-likeness (QED) is 0.857. The van der Waals surface area contributed by atoms with Crippen LogP contribution in [0.5, 0.6) is 0 Å². The monoisotopic (exact) mass is 345 g/mol. The number of alkyl halides is 4. The lowest BCUT2D eigenvalue weighted by atomic mass is 9.92. The van der Waals surface area contributed by atoms with Crippen LogP contribution in [0.15, 0.2) is 24.3 Å². The maximum atomic E-state index is 14.1. The van der Waals surface area contributed by atoms with Crippen molar-refractivity contribution >= 4 is 11.9 Å². The van der Waals surface area contributed by atoms with Gasteiger partial charge in [0.1, 0.15) is 0 Å². The van der Waals surface area contributed by atoms with E-state index in [0.717, 1.165) is 17.0 Å². The minimum absolute atomic E-state index is 0.0532. The zero-order valence-corrected chi connectivity index (χ0v) is 12.6. The Morgan fingerprint density at radius 3 is 2.33 bits per heavy atom. The van der Waals surface area contributed by atoms with Crippen LogP contribution in [-0.4, -0.2) is 40.6 Å². The Labute approximate surface area is 135 Å². The Kier molecular flexibility index (Phi) is 3.62. The molecule has 1 aromatic carbocycles. The van der Waals surface area contributed by atoms with Crippen LogP contribution in [0, 0.1) is 0 Å². The fourth-order valence-electron chi connectivity index (χ4n) is 3.17. The van der Waals surface area contributed by atoms with Gasteiger partial charge in [0.15, 0.2) is 0 Å². The molecule has 0 spiro atoms. The highest BCUT2D eigenvalue weighted by molar-refractivity contribution is 5.92.